The smallest absolute Gasteiger partial charge is 0.242 e. The fourth-order valence-corrected chi connectivity index (χ4v) is 6.54. The minimum atomic E-state index is -3.78. The first-order valence-electron chi connectivity index (χ1n) is 11.2. The number of halogens is 2. The van der Waals surface area contributed by atoms with Crippen molar-refractivity contribution in [3.8, 4) is 22.5 Å². The van der Waals surface area contributed by atoms with Gasteiger partial charge in [-0.15, -0.1) is 0 Å². The molecule has 0 aliphatic heterocycles. The number of hydrogen-bond acceptors (Lipinski definition) is 4. The lowest BCUT2D eigenvalue weighted by molar-refractivity contribution is 0.584. The minimum Gasteiger partial charge on any atom is -0.318 e. The van der Waals surface area contributed by atoms with E-state index in [-0.39, 0.29) is 16.5 Å². The summed E-state index contributed by atoms with van der Waals surface area (Å²) >= 11 is 13.6. The van der Waals surface area contributed by atoms with E-state index in [4.69, 9.17) is 28.2 Å². The van der Waals surface area contributed by atoms with Crippen molar-refractivity contribution >= 4 is 45.0 Å². The van der Waals surface area contributed by atoms with Crippen LogP contribution in [0, 0.1) is 0 Å². The number of benzene rings is 3. The maximum Gasteiger partial charge on any atom is 0.242 e. The van der Waals surface area contributed by atoms with Gasteiger partial charge in [0.25, 0.3) is 0 Å². The Morgan fingerprint density at radius 2 is 1.60 bits per heavy atom. The summed E-state index contributed by atoms with van der Waals surface area (Å²) in [6, 6.07) is 24.7. The monoisotopic (exact) mass is 545 g/mol. The summed E-state index contributed by atoms with van der Waals surface area (Å²) in [5.41, 5.74) is 4.11. The molecule has 4 aromatic rings. The molecule has 5 nitrogen and oxygen atoms in total. The van der Waals surface area contributed by atoms with Gasteiger partial charge in [0.2, 0.25) is 10.0 Å². The third kappa shape index (κ3) is 6.11. The number of rotatable bonds is 10. The largest absolute Gasteiger partial charge is 0.318 e. The van der Waals surface area contributed by atoms with E-state index in [0.29, 0.717) is 10.8 Å². The van der Waals surface area contributed by atoms with Crippen molar-refractivity contribution in [2.75, 3.05) is 12.3 Å². The van der Waals surface area contributed by atoms with Gasteiger partial charge in [-0.3, -0.25) is 0 Å². The Hall–Kier alpha value is -2.29. The first-order chi connectivity index (χ1) is 16.9. The second-order valence-electron chi connectivity index (χ2n) is 7.80. The number of thioether (sulfide) groups is 1. The number of nitrogens with zero attached hydrogens (tertiary/aromatic N) is 2. The van der Waals surface area contributed by atoms with Gasteiger partial charge in [0.15, 0.2) is 5.16 Å². The Labute approximate surface area is 220 Å². The summed E-state index contributed by atoms with van der Waals surface area (Å²) < 4.78 is 30.3. The van der Waals surface area contributed by atoms with Gasteiger partial charge in [-0.1, -0.05) is 103 Å². The van der Waals surface area contributed by atoms with Crippen molar-refractivity contribution in [3.05, 3.63) is 88.9 Å². The molecule has 9 heteroatoms. The molecule has 0 aliphatic carbocycles. The van der Waals surface area contributed by atoms with Crippen molar-refractivity contribution in [2.45, 2.75) is 29.9 Å². The summed E-state index contributed by atoms with van der Waals surface area (Å²) in [4.78, 5) is 4.98. The van der Waals surface area contributed by atoms with Crippen LogP contribution < -0.4 is 4.72 Å². The van der Waals surface area contributed by atoms with Crippen LogP contribution in [0.4, 0.5) is 0 Å². The molecule has 0 unspecified atom stereocenters. The molecule has 0 amide bonds. The van der Waals surface area contributed by atoms with E-state index < -0.39 is 10.0 Å². The van der Waals surface area contributed by atoms with E-state index in [0.717, 1.165) is 40.6 Å². The average molecular weight is 547 g/mol. The van der Waals surface area contributed by atoms with Gasteiger partial charge in [-0.25, -0.2) is 18.1 Å². The fraction of sp³-hybridized carbons (Fsp3) is 0.192. The molecule has 35 heavy (non-hydrogen) atoms. The summed E-state index contributed by atoms with van der Waals surface area (Å²) in [5.74, 6) is 0.501. The molecule has 1 heterocycles. The third-order valence-electron chi connectivity index (χ3n) is 5.28. The molecule has 4 rings (SSSR count). The number of imidazole rings is 1. The zero-order valence-corrected chi connectivity index (χ0v) is 22.3. The third-order valence-corrected chi connectivity index (χ3v) is 8.44. The van der Waals surface area contributed by atoms with Crippen LogP contribution in [0.25, 0.3) is 22.5 Å². The van der Waals surface area contributed by atoms with Gasteiger partial charge < -0.3 is 4.57 Å². The Bertz CT molecular complexity index is 1390. The zero-order chi connectivity index (χ0) is 24.8. The highest BCUT2D eigenvalue weighted by Crippen LogP contribution is 2.36. The zero-order valence-electron chi connectivity index (χ0n) is 19.1. The van der Waals surface area contributed by atoms with E-state index in [1.165, 1.54) is 23.9 Å². The highest BCUT2D eigenvalue weighted by atomic mass is 35.5. The normalized spacial score (nSPS) is 11.6. The predicted octanol–water partition coefficient (Wildman–Crippen LogP) is 7.00. The first kappa shape index (κ1) is 25.8. The van der Waals surface area contributed by atoms with Crippen LogP contribution in [0.3, 0.4) is 0 Å². The second kappa shape index (κ2) is 11.6. The summed E-state index contributed by atoms with van der Waals surface area (Å²) in [7, 11) is -3.78. The Morgan fingerprint density at radius 1 is 0.943 bits per heavy atom. The van der Waals surface area contributed by atoms with E-state index in [1.807, 2.05) is 36.4 Å². The van der Waals surface area contributed by atoms with Gasteiger partial charge in [0, 0.05) is 35.0 Å². The lowest BCUT2D eigenvalue weighted by atomic mass is 10.0. The fourth-order valence-electron chi connectivity index (χ4n) is 3.74. The molecule has 0 saturated heterocycles. The molecule has 0 bridgehead atoms. The van der Waals surface area contributed by atoms with Crippen LogP contribution in [0.5, 0.6) is 0 Å². The number of hydrogen-bond donors (Lipinski definition) is 1. The van der Waals surface area contributed by atoms with Gasteiger partial charge in [-0.2, -0.15) is 0 Å². The average Bonchev–Trinajstić information content (AvgIpc) is 3.22. The summed E-state index contributed by atoms with van der Waals surface area (Å²) in [5, 5.41) is 1.30. The molecule has 1 N–H and O–H groups in total. The molecule has 182 valence electrons. The van der Waals surface area contributed by atoms with Gasteiger partial charge >= 0.3 is 0 Å². The Kier molecular flexibility index (Phi) is 8.57. The Balaban J connectivity index is 1.59. The summed E-state index contributed by atoms with van der Waals surface area (Å²) in [6.07, 6.45) is 0.942. The molecule has 0 atom stereocenters. The van der Waals surface area contributed by atoms with Crippen molar-refractivity contribution in [3.63, 3.8) is 0 Å². The van der Waals surface area contributed by atoms with Crippen LogP contribution in [-0.4, -0.2) is 30.3 Å². The van der Waals surface area contributed by atoms with Crippen LogP contribution in [0.1, 0.15) is 13.3 Å². The maximum absolute atomic E-state index is 12.7. The predicted molar refractivity (Wildman–Crippen MR) is 146 cm³/mol. The van der Waals surface area contributed by atoms with Crippen molar-refractivity contribution in [2.24, 2.45) is 0 Å². The van der Waals surface area contributed by atoms with Crippen molar-refractivity contribution in [1.82, 2.24) is 14.3 Å². The molecule has 0 saturated carbocycles. The second-order valence-corrected chi connectivity index (χ2v) is 11.4. The maximum atomic E-state index is 12.7. The summed E-state index contributed by atoms with van der Waals surface area (Å²) in [6.45, 7) is 3.15. The lowest BCUT2D eigenvalue weighted by Gasteiger charge is -2.12. The van der Waals surface area contributed by atoms with Crippen LogP contribution >= 0.6 is 35.0 Å². The highest BCUT2D eigenvalue weighted by molar-refractivity contribution is 7.99. The minimum absolute atomic E-state index is 0.0260. The first-order valence-corrected chi connectivity index (χ1v) is 14.4. The van der Waals surface area contributed by atoms with Gasteiger partial charge in [-0.05, 0) is 24.6 Å². The van der Waals surface area contributed by atoms with E-state index >= 15 is 0 Å². The van der Waals surface area contributed by atoms with Crippen LogP contribution in [0.15, 0.2) is 88.9 Å². The number of nitrogens with one attached hydrogen (secondary N) is 1. The van der Waals surface area contributed by atoms with E-state index in [1.54, 1.807) is 6.07 Å². The highest BCUT2D eigenvalue weighted by Gasteiger charge is 2.21. The van der Waals surface area contributed by atoms with E-state index in [2.05, 4.69) is 40.5 Å². The topological polar surface area (TPSA) is 64.0 Å². The van der Waals surface area contributed by atoms with Gasteiger partial charge in [0.05, 0.1) is 16.4 Å². The molecular weight excluding hydrogens is 521 g/mol. The number of sulfonamides is 1. The van der Waals surface area contributed by atoms with Crippen molar-refractivity contribution < 1.29 is 8.42 Å². The molecule has 0 spiro atoms. The molecule has 0 fully saturated rings. The van der Waals surface area contributed by atoms with Gasteiger partial charge in [0.1, 0.15) is 4.90 Å². The molecule has 1 aromatic heterocycles. The number of aromatic nitrogens is 2. The standard InChI is InChI=1S/C26H25Cl2N3O2S2/c1-2-16-31-25(20-11-7-4-8-12-20)24(19-9-5-3-6-10-19)30-26(31)34-17-15-29-35(32,33)23-18-21(27)13-14-22(23)28/h3-14,18,29H,2,15-17H2,1H3. The van der Waals surface area contributed by atoms with E-state index in [9.17, 15) is 8.42 Å². The molecule has 0 radical (unpaired) electrons. The van der Waals surface area contributed by atoms with Crippen LogP contribution in [0.2, 0.25) is 10.0 Å². The van der Waals surface area contributed by atoms with Crippen molar-refractivity contribution in [1.29, 1.82) is 0 Å². The lowest BCUT2D eigenvalue weighted by Crippen LogP contribution is -2.26. The van der Waals surface area contributed by atoms with Crippen LogP contribution in [-0.2, 0) is 16.6 Å². The Morgan fingerprint density at radius 3 is 2.26 bits per heavy atom. The SMILES string of the molecule is CCCn1c(SCCNS(=O)(=O)c2cc(Cl)ccc2Cl)nc(-c2ccccc2)c1-c1ccccc1. The quantitative estimate of drug-likeness (QED) is 0.172. The molecular formula is C26H25Cl2N3O2S2. The molecule has 3 aromatic carbocycles. The molecule has 0 aliphatic rings.